The molecule has 1 fully saturated rings. The Morgan fingerprint density at radius 3 is 2.53 bits per heavy atom. The van der Waals surface area contributed by atoms with E-state index in [1.54, 1.807) is 12.3 Å². The number of aryl methyl sites for hydroxylation is 1. The molecular weight excluding hydrogens is 462 g/mol. The number of ether oxygens (including phenoxy) is 1. The number of carbonyl (C=O) groups is 3. The molecule has 3 amide bonds. The number of methoxy groups -OCH3 is 1. The second-order valence-electron chi connectivity index (χ2n) is 9.73. The number of carbonyl (C=O) groups excluding carboxylic acids is 3. The number of primary amides is 1. The average Bonchev–Trinajstić information content (AvgIpc) is 3.66. The van der Waals surface area contributed by atoms with Crippen LogP contribution in [-0.2, 0) is 22.4 Å². The summed E-state index contributed by atoms with van der Waals surface area (Å²) >= 11 is 0. The minimum atomic E-state index is -0.643. The summed E-state index contributed by atoms with van der Waals surface area (Å²) in [4.78, 5) is 51.4. The van der Waals surface area contributed by atoms with E-state index in [4.69, 9.17) is 15.5 Å². The Hall–Kier alpha value is -3.76. The highest BCUT2D eigenvalue weighted by atomic mass is 16.5. The number of amides is 3. The van der Waals surface area contributed by atoms with Crippen molar-refractivity contribution in [3.63, 3.8) is 0 Å². The van der Waals surface area contributed by atoms with E-state index in [-0.39, 0.29) is 18.1 Å². The lowest BCUT2D eigenvalue weighted by Gasteiger charge is -2.33. The quantitative estimate of drug-likeness (QED) is 0.453. The Balaban J connectivity index is 1.65. The zero-order valence-corrected chi connectivity index (χ0v) is 21.6. The molecule has 194 valence electrons. The van der Waals surface area contributed by atoms with Crippen molar-refractivity contribution < 1.29 is 19.1 Å². The third-order valence-electron chi connectivity index (χ3n) is 5.82. The highest BCUT2D eigenvalue weighted by Crippen LogP contribution is 2.41. The zero-order valence-electron chi connectivity index (χ0n) is 21.6. The zero-order chi connectivity index (χ0) is 26.5. The second kappa shape index (κ2) is 11.3. The Labute approximate surface area is 211 Å². The van der Waals surface area contributed by atoms with Gasteiger partial charge in [0.05, 0.1) is 18.5 Å². The predicted molar refractivity (Wildman–Crippen MR) is 135 cm³/mol. The summed E-state index contributed by atoms with van der Waals surface area (Å²) in [5.41, 5.74) is 8.25. The molecule has 1 saturated carbocycles. The second-order valence-corrected chi connectivity index (χ2v) is 9.73. The van der Waals surface area contributed by atoms with E-state index < -0.39 is 17.5 Å². The first-order valence-electron chi connectivity index (χ1n) is 12.1. The van der Waals surface area contributed by atoms with Crippen LogP contribution in [0.4, 0.5) is 16.3 Å². The van der Waals surface area contributed by atoms with Gasteiger partial charge in [-0.2, -0.15) is 0 Å². The summed E-state index contributed by atoms with van der Waals surface area (Å²) < 4.78 is 4.79. The number of rotatable bonds is 10. The van der Waals surface area contributed by atoms with Crippen LogP contribution in [0.3, 0.4) is 0 Å². The highest BCUT2D eigenvalue weighted by molar-refractivity contribution is 5.96. The molecule has 0 aliphatic heterocycles. The molecule has 2 aromatic rings. The third kappa shape index (κ3) is 6.89. The van der Waals surface area contributed by atoms with Crippen molar-refractivity contribution in [2.45, 2.75) is 64.8 Å². The molecule has 0 atom stereocenters. The minimum Gasteiger partial charge on any atom is -0.453 e. The SMILES string of the molecule is CCc1nc(C(N)=O)c(Nc2ccnc(CCNC(=O)CN(C(=O)OC)C(C)(C)C)c2)nc1C1CC1. The van der Waals surface area contributed by atoms with E-state index in [1.165, 1.54) is 12.0 Å². The lowest BCUT2D eigenvalue weighted by molar-refractivity contribution is -0.123. The van der Waals surface area contributed by atoms with Crippen LogP contribution in [0.5, 0.6) is 0 Å². The predicted octanol–water partition coefficient (Wildman–Crippen LogP) is 2.68. The van der Waals surface area contributed by atoms with Gasteiger partial charge in [0, 0.05) is 42.0 Å². The molecule has 2 aromatic heterocycles. The van der Waals surface area contributed by atoms with Crippen LogP contribution in [0.1, 0.15) is 74.0 Å². The highest BCUT2D eigenvalue weighted by Gasteiger charge is 2.30. The van der Waals surface area contributed by atoms with E-state index in [2.05, 4.69) is 20.6 Å². The Kier molecular flexibility index (Phi) is 8.44. The molecule has 1 aliphatic rings. The number of nitrogens with zero attached hydrogens (tertiary/aromatic N) is 4. The van der Waals surface area contributed by atoms with Gasteiger partial charge >= 0.3 is 6.09 Å². The number of hydrogen-bond acceptors (Lipinski definition) is 8. The first-order chi connectivity index (χ1) is 17.0. The van der Waals surface area contributed by atoms with Crippen molar-refractivity contribution in [2.75, 3.05) is 25.5 Å². The fraction of sp³-hybridized carbons (Fsp3) is 0.520. The first-order valence-corrected chi connectivity index (χ1v) is 12.1. The van der Waals surface area contributed by atoms with Crippen molar-refractivity contribution >= 4 is 29.4 Å². The molecular formula is C25H35N7O4. The van der Waals surface area contributed by atoms with Gasteiger partial charge in [0.25, 0.3) is 5.91 Å². The maximum Gasteiger partial charge on any atom is 0.410 e. The normalized spacial score (nSPS) is 13.1. The summed E-state index contributed by atoms with van der Waals surface area (Å²) in [6.07, 6.45) is 4.35. The number of pyridine rings is 1. The van der Waals surface area contributed by atoms with E-state index >= 15 is 0 Å². The van der Waals surface area contributed by atoms with Gasteiger partial charge < -0.3 is 21.1 Å². The van der Waals surface area contributed by atoms with E-state index in [1.807, 2.05) is 33.8 Å². The molecule has 0 radical (unpaired) electrons. The molecule has 0 aromatic carbocycles. The van der Waals surface area contributed by atoms with Gasteiger partial charge in [0.2, 0.25) is 5.91 Å². The number of nitrogens with two attached hydrogens (primary N) is 1. The van der Waals surface area contributed by atoms with Gasteiger partial charge in [-0.05, 0) is 52.2 Å². The monoisotopic (exact) mass is 497 g/mol. The molecule has 11 heteroatoms. The van der Waals surface area contributed by atoms with Crippen molar-refractivity contribution in [1.29, 1.82) is 0 Å². The molecule has 0 bridgehead atoms. The van der Waals surface area contributed by atoms with Crippen LogP contribution < -0.4 is 16.4 Å². The average molecular weight is 498 g/mol. The van der Waals surface area contributed by atoms with Crippen molar-refractivity contribution in [3.8, 4) is 0 Å². The molecule has 3 rings (SSSR count). The fourth-order valence-electron chi connectivity index (χ4n) is 3.73. The maximum absolute atomic E-state index is 12.4. The lowest BCUT2D eigenvalue weighted by atomic mass is 10.1. The van der Waals surface area contributed by atoms with Crippen LogP contribution in [0.25, 0.3) is 0 Å². The van der Waals surface area contributed by atoms with Gasteiger partial charge in [-0.25, -0.2) is 14.8 Å². The van der Waals surface area contributed by atoms with Gasteiger partial charge in [-0.3, -0.25) is 19.5 Å². The van der Waals surface area contributed by atoms with Crippen molar-refractivity contribution in [2.24, 2.45) is 5.73 Å². The van der Waals surface area contributed by atoms with Crippen LogP contribution >= 0.6 is 0 Å². The standard InChI is InChI=1S/C25H35N7O4/c1-6-18-20(15-7-8-15)31-23(21(30-18)22(26)34)29-17-10-11-27-16(13-17)9-12-28-19(33)14-32(24(35)36-5)25(2,3)4/h10-11,13,15H,6-9,12,14H2,1-5H3,(H2,26,34)(H,28,33)(H,27,29,31). The van der Waals surface area contributed by atoms with Crippen molar-refractivity contribution in [3.05, 3.63) is 41.1 Å². The number of hydrogen-bond donors (Lipinski definition) is 3. The fourth-order valence-corrected chi connectivity index (χ4v) is 3.73. The van der Waals surface area contributed by atoms with Gasteiger partial charge in [0.1, 0.15) is 6.54 Å². The van der Waals surface area contributed by atoms with Gasteiger partial charge in [-0.15, -0.1) is 0 Å². The summed E-state index contributed by atoms with van der Waals surface area (Å²) in [6, 6.07) is 3.58. The Bertz CT molecular complexity index is 1130. The van der Waals surface area contributed by atoms with E-state index in [0.717, 1.165) is 29.9 Å². The van der Waals surface area contributed by atoms with E-state index in [0.29, 0.717) is 36.8 Å². The molecule has 0 unspecified atom stereocenters. The molecule has 1 aliphatic carbocycles. The topological polar surface area (TPSA) is 152 Å². The van der Waals surface area contributed by atoms with Crippen LogP contribution in [0.15, 0.2) is 18.3 Å². The third-order valence-corrected chi connectivity index (χ3v) is 5.82. The summed E-state index contributed by atoms with van der Waals surface area (Å²) in [7, 11) is 1.29. The van der Waals surface area contributed by atoms with Gasteiger partial charge in [-0.1, -0.05) is 6.92 Å². The summed E-state index contributed by atoms with van der Waals surface area (Å²) in [5, 5.41) is 5.98. The molecule has 11 nitrogen and oxygen atoms in total. The van der Waals surface area contributed by atoms with Crippen molar-refractivity contribution in [1.82, 2.24) is 25.2 Å². The van der Waals surface area contributed by atoms with Crippen LogP contribution in [0.2, 0.25) is 0 Å². The minimum absolute atomic E-state index is 0.107. The Morgan fingerprint density at radius 2 is 1.94 bits per heavy atom. The maximum atomic E-state index is 12.4. The first kappa shape index (κ1) is 26.8. The molecule has 4 N–H and O–H groups in total. The van der Waals surface area contributed by atoms with E-state index in [9.17, 15) is 14.4 Å². The number of anilines is 2. The number of aromatic nitrogens is 3. The van der Waals surface area contributed by atoms with Crippen LogP contribution in [-0.4, -0.2) is 63.5 Å². The summed E-state index contributed by atoms with van der Waals surface area (Å²) in [6.45, 7) is 7.69. The van der Waals surface area contributed by atoms with Crippen LogP contribution in [0, 0.1) is 0 Å². The van der Waals surface area contributed by atoms with Gasteiger partial charge in [0.15, 0.2) is 11.5 Å². The molecule has 36 heavy (non-hydrogen) atoms. The lowest BCUT2D eigenvalue weighted by Crippen LogP contribution is -2.50. The molecule has 0 spiro atoms. The smallest absolute Gasteiger partial charge is 0.410 e. The molecule has 0 saturated heterocycles. The largest absolute Gasteiger partial charge is 0.453 e. The number of nitrogens with one attached hydrogen (secondary N) is 2. The Morgan fingerprint density at radius 1 is 1.22 bits per heavy atom. The molecule has 2 heterocycles. The summed E-state index contributed by atoms with van der Waals surface area (Å²) in [5.74, 6) is -0.234.